The van der Waals surface area contributed by atoms with Crippen molar-refractivity contribution < 1.29 is 17.9 Å². The Balaban J connectivity index is 2.43. The van der Waals surface area contributed by atoms with Crippen molar-refractivity contribution in [2.45, 2.75) is 18.6 Å². The molecule has 1 atom stereocenters. The number of ether oxygens (including phenoxy) is 1. The zero-order valence-corrected chi connectivity index (χ0v) is 8.77. The molecule has 1 aliphatic rings. The van der Waals surface area contributed by atoms with Crippen LogP contribution >= 0.6 is 0 Å². The molecule has 1 unspecified atom stereocenters. The van der Waals surface area contributed by atoms with Gasteiger partial charge in [-0.25, -0.2) is 0 Å². The van der Waals surface area contributed by atoms with Crippen molar-refractivity contribution in [2.75, 3.05) is 13.7 Å². The predicted molar refractivity (Wildman–Crippen MR) is 53.5 cm³/mol. The van der Waals surface area contributed by atoms with Crippen molar-refractivity contribution in [3.05, 3.63) is 29.3 Å². The van der Waals surface area contributed by atoms with Crippen molar-refractivity contribution in [3.63, 3.8) is 0 Å². The molecule has 5 heteroatoms. The van der Waals surface area contributed by atoms with E-state index < -0.39 is 12.2 Å². The third kappa shape index (κ3) is 2.00. The molecule has 0 saturated carbocycles. The molecule has 0 fully saturated rings. The molecule has 1 aromatic carbocycles. The van der Waals surface area contributed by atoms with Crippen LogP contribution in [0.25, 0.3) is 0 Å². The topological polar surface area (TPSA) is 21.3 Å². The normalized spacial score (nSPS) is 20.4. The predicted octanol–water partition coefficient (Wildman–Crippen LogP) is 2.44. The van der Waals surface area contributed by atoms with Gasteiger partial charge in [-0.1, -0.05) is 6.07 Å². The van der Waals surface area contributed by atoms with Crippen LogP contribution in [0.4, 0.5) is 13.2 Å². The number of hydrogen-bond acceptors (Lipinski definition) is 2. The first kappa shape index (κ1) is 11.3. The molecule has 1 aliphatic heterocycles. The molecule has 0 bridgehead atoms. The van der Waals surface area contributed by atoms with Gasteiger partial charge in [0.25, 0.3) is 0 Å². The fourth-order valence-corrected chi connectivity index (χ4v) is 1.95. The van der Waals surface area contributed by atoms with Gasteiger partial charge in [-0.3, -0.25) is 0 Å². The second kappa shape index (κ2) is 3.97. The molecule has 0 aromatic heterocycles. The van der Waals surface area contributed by atoms with Crippen LogP contribution in [0.5, 0.6) is 5.75 Å². The SMILES string of the molecule is COc1ccc2c(c1)C(C(F)(F)F)NCC2. The first-order valence-electron chi connectivity index (χ1n) is 4.99. The van der Waals surface area contributed by atoms with Gasteiger partial charge in [-0.2, -0.15) is 13.2 Å². The van der Waals surface area contributed by atoms with Gasteiger partial charge in [0.15, 0.2) is 0 Å². The summed E-state index contributed by atoms with van der Waals surface area (Å²) >= 11 is 0. The van der Waals surface area contributed by atoms with Gasteiger partial charge in [0, 0.05) is 6.54 Å². The van der Waals surface area contributed by atoms with E-state index >= 15 is 0 Å². The van der Waals surface area contributed by atoms with Gasteiger partial charge in [-0.05, 0) is 29.7 Å². The molecule has 16 heavy (non-hydrogen) atoms. The van der Waals surface area contributed by atoms with Gasteiger partial charge in [-0.15, -0.1) is 0 Å². The lowest BCUT2D eigenvalue weighted by Crippen LogP contribution is -2.39. The number of halogens is 3. The lowest BCUT2D eigenvalue weighted by molar-refractivity contribution is -0.158. The molecule has 0 spiro atoms. The first-order chi connectivity index (χ1) is 7.52. The highest BCUT2D eigenvalue weighted by atomic mass is 19.4. The van der Waals surface area contributed by atoms with Crippen LogP contribution in [0.2, 0.25) is 0 Å². The maximum Gasteiger partial charge on any atom is 0.407 e. The molecule has 0 aliphatic carbocycles. The molecular formula is C11H12F3NO. The van der Waals surface area contributed by atoms with Gasteiger partial charge in [0.05, 0.1) is 7.11 Å². The maximum absolute atomic E-state index is 12.8. The highest BCUT2D eigenvalue weighted by Crippen LogP contribution is 2.37. The molecular weight excluding hydrogens is 219 g/mol. The number of fused-ring (bicyclic) bond motifs is 1. The lowest BCUT2D eigenvalue weighted by atomic mass is 9.94. The van der Waals surface area contributed by atoms with E-state index in [0.717, 1.165) is 5.56 Å². The largest absolute Gasteiger partial charge is 0.497 e. The Morgan fingerprint density at radius 1 is 1.38 bits per heavy atom. The van der Waals surface area contributed by atoms with Crippen molar-refractivity contribution in [1.29, 1.82) is 0 Å². The second-order valence-electron chi connectivity index (χ2n) is 3.74. The summed E-state index contributed by atoms with van der Waals surface area (Å²) in [6.07, 6.45) is -3.65. The number of methoxy groups -OCH3 is 1. The summed E-state index contributed by atoms with van der Waals surface area (Å²) in [6.45, 7) is 0.351. The minimum absolute atomic E-state index is 0.276. The van der Waals surface area contributed by atoms with Crippen LogP contribution < -0.4 is 10.1 Å². The number of benzene rings is 1. The third-order valence-electron chi connectivity index (χ3n) is 2.73. The van der Waals surface area contributed by atoms with Crippen LogP contribution in [0, 0.1) is 0 Å². The summed E-state index contributed by atoms with van der Waals surface area (Å²) in [7, 11) is 1.45. The lowest BCUT2D eigenvalue weighted by Gasteiger charge is -2.28. The first-order valence-corrected chi connectivity index (χ1v) is 4.99. The van der Waals surface area contributed by atoms with Crippen LogP contribution in [-0.2, 0) is 6.42 Å². The summed E-state index contributed by atoms with van der Waals surface area (Å²) in [6, 6.07) is 3.27. The number of alkyl halides is 3. The number of hydrogen-bond donors (Lipinski definition) is 1. The highest BCUT2D eigenvalue weighted by Gasteiger charge is 2.42. The second-order valence-corrected chi connectivity index (χ2v) is 3.74. The summed E-state index contributed by atoms with van der Waals surface area (Å²) < 4.78 is 43.2. The van der Waals surface area contributed by atoms with Crippen molar-refractivity contribution >= 4 is 0 Å². The van der Waals surface area contributed by atoms with E-state index in [1.165, 1.54) is 13.2 Å². The monoisotopic (exact) mass is 231 g/mol. The molecule has 1 N–H and O–H groups in total. The van der Waals surface area contributed by atoms with Crippen molar-refractivity contribution in [2.24, 2.45) is 0 Å². The maximum atomic E-state index is 12.8. The van der Waals surface area contributed by atoms with Crippen LogP contribution in [0.3, 0.4) is 0 Å². The van der Waals surface area contributed by atoms with Gasteiger partial charge >= 0.3 is 6.18 Å². The standard InChI is InChI=1S/C11H12F3NO/c1-16-8-3-2-7-4-5-15-10(9(7)6-8)11(12,13)14/h2-3,6,10,15H,4-5H2,1H3. The van der Waals surface area contributed by atoms with E-state index in [2.05, 4.69) is 5.32 Å². The molecule has 0 saturated heterocycles. The Kier molecular flexibility index (Phi) is 2.80. The third-order valence-corrected chi connectivity index (χ3v) is 2.73. The fraction of sp³-hybridized carbons (Fsp3) is 0.455. The minimum Gasteiger partial charge on any atom is -0.497 e. The van der Waals surface area contributed by atoms with Gasteiger partial charge in [0.1, 0.15) is 11.8 Å². The minimum atomic E-state index is -4.26. The quantitative estimate of drug-likeness (QED) is 0.801. The van der Waals surface area contributed by atoms with Crippen LogP contribution in [-0.4, -0.2) is 19.8 Å². The molecule has 1 heterocycles. The molecule has 0 amide bonds. The van der Waals surface area contributed by atoms with Crippen LogP contribution in [0.15, 0.2) is 18.2 Å². The summed E-state index contributed by atoms with van der Waals surface area (Å²) in [5.41, 5.74) is 1.01. The molecule has 88 valence electrons. The van der Waals surface area contributed by atoms with Crippen molar-refractivity contribution in [1.82, 2.24) is 5.32 Å². The average molecular weight is 231 g/mol. The van der Waals surface area contributed by atoms with E-state index in [0.29, 0.717) is 18.7 Å². The molecule has 1 aromatic rings. The molecule has 0 radical (unpaired) electrons. The van der Waals surface area contributed by atoms with Gasteiger partial charge in [0.2, 0.25) is 0 Å². The van der Waals surface area contributed by atoms with E-state index in [9.17, 15) is 13.2 Å². The number of nitrogens with one attached hydrogen (secondary N) is 1. The van der Waals surface area contributed by atoms with Gasteiger partial charge < -0.3 is 10.1 Å². The number of rotatable bonds is 1. The zero-order chi connectivity index (χ0) is 11.8. The molecule has 2 nitrogen and oxygen atoms in total. The summed E-state index contributed by atoms with van der Waals surface area (Å²) in [5, 5.41) is 2.49. The smallest absolute Gasteiger partial charge is 0.407 e. The van der Waals surface area contributed by atoms with Crippen molar-refractivity contribution in [3.8, 4) is 5.75 Å². The van der Waals surface area contributed by atoms with E-state index in [1.54, 1.807) is 12.1 Å². The van der Waals surface area contributed by atoms with E-state index in [-0.39, 0.29) is 5.56 Å². The Hall–Kier alpha value is -1.23. The Labute approximate surface area is 91.4 Å². The Morgan fingerprint density at radius 3 is 2.75 bits per heavy atom. The van der Waals surface area contributed by atoms with E-state index in [1.807, 2.05) is 0 Å². The Morgan fingerprint density at radius 2 is 2.12 bits per heavy atom. The van der Waals surface area contributed by atoms with E-state index in [4.69, 9.17) is 4.74 Å². The Bertz CT molecular complexity index is 389. The summed E-state index contributed by atoms with van der Waals surface area (Å²) in [4.78, 5) is 0. The fourth-order valence-electron chi connectivity index (χ4n) is 1.95. The summed E-state index contributed by atoms with van der Waals surface area (Å²) in [5.74, 6) is 0.455. The average Bonchev–Trinajstić information content (AvgIpc) is 2.26. The molecule has 2 rings (SSSR count). The highest BCUT2D eigenvalue weighted by molar-refractivity contribution is 5.40. The van der Waals surface area contributed by atoms with Crippen LogP contribution in [0.1, 0.15) is 17.2 Å². The zero-order valence-electron chi connectivity index (χ0n) is 8.77.